The number of carbonyl (C=O) groups excluding carboxylic acids is 1. The molecular formula is C10H14N2O4. The van der Waals surface area contributed by atoms with E-state index in [1.165, 1.54) is 11.3 Å². The number of hydrogen-bond donors (Lipinski definition) is 1. The number of nitrogens with zero attached hydrogens (tertiary/aromatic N) is 2. The van der Waals surface area contributed by atoms with Crippen molar-refractivity contribution >= 4 is 11.9 Å². The van der Waals surface area contributed by atoms with Crippen LogP contribution in [0.1, 0.15) is 29.1 Å². The number of aryl methyl sites for hydroxylation is 1. The van der Waals surface area contributed by atoms with Crippen LogP contribution in [0, 0.1) is 6.92 Å². The zero-order chi connectivity index (χ0) is 12.1. The molecule has 1 amide bonds. The van der Waals surface area contributed by atoms with E-state index >= 15 is 0 Å². The van der Waals surface area contributed by atoms with Crippen LogP contribution in [0.2, 0.25) is 0 Å². The summed E-state index contributed by atoms with van der Waals surface area (Å²) >= 11 is 0. The first-order valence-electron chi connectivity index (χ1n) is 4.89. The van der Waals surface area contributed by atoms with Gasteiger partial charge in [-0.3, -0.25) is 9.59 Å². The molecule has 0 aliphatic heterocycles. The van der Waals surface area contributed by atoms with Gasteiger partial charge in [0.15, 0.2) is 6.39 Å². The molecule has 0 aliphatic rings. The predicted octanol–water partition coefficient (Wildman–Crippen LogP) is 0.920. The smallest absolute Gasteiger partial charge is 0.303 e. The van der Waals surface area contributed by atoms with Crippen molar-refractivity contribution in [2.45, 2.75) is 19.8 Å². The van der Waals surface area contributed by atoms with Crippen LogP contribution in [0.15, 0.2) is 10.8 Å². The van der Waals surface area contributed by atoms with Crippen molar-refractivity contribution in [3.63, 3.8) is 0 Å². The fourth-order valence-electron chi connectivity index (χ4n) is 1.25. The fraction of sp³-hybridized carbons (Fsp3) is 0.500. The maximum Gasteiger partial charge on any atom is 0.303 e. The maximum absolute atomic E-state index is 11.7. The van der Waals surface area contributed by atoms with Gasteiger partial charge < -0.3 is 14.4 Å². The molecule has 0 atom stereocenters. The molecule has 1 N–H and O–H groups in total. The zero-order valence-corrected chi connectivity index (χ0v) is 9.27. The second-order valence-electron chi connectivity index (χ2n) is 3.49. The Bertz CT molecular complexity index is 386. The highest BCUT2D eigenvalue weighted by molar-refractivity contribution is 5.92. The van der Waals surface area contributed by atoms with Crippen LogP contribution in [0.25, 0.3) is 0 Å². The van der Waals surface area contributed by atoms with E-state index in [0.717, 1.165) is 0 Å². The summed E-state index contributed by atoms with van der Waals surface area (Å²) in [6.45, 7) is 2.06. The molecule has 1 aromatic heterocycles. The van der Waals surface area contributed by atoms with E-state index in [1.807, 2.05) is 0 Å². The van der Waals surface area contributed by atoms with Gasteiger partial charge in [0.05, 0.1) is 5.69 Å². The van der Waals surface area contributed by atoms with E-state index in [2.05, 4.69) is 4.98 Å². The Morgan fingerprint density at radius 3 is 2.75 bits per heavy atom. The zero-order valence-electron chi connectivity index (χ0n) is 9.27. The molecule has 6 nitrogen and oxygen atoms in total. The Balaban J connectivity index is 2.49. The molecule has 0 bridgehead atoms. The van der Waals surface area contributed by atoms with Crippen LogP contribution >= 0.6 is 0 Å². The van der Waals surface area contributed by atoms with Gasteiger partial charge in [0, 0.05) is 20.0 Å². The largest absolute Gasteiger partial charge is 0.481 e. The molecule has 0 aromatic carbocycles. The van der Waals surface area contributed by atoms with E-state index in [0.29, 0.717) is 18.7 Å². The summed E-state index contributed by atoms with van der Waals surface area (Å²) in [5.41, 5.74) is 0.537. The van der Waals surface area contributed by atoms with Crippen molar-refractivity contribution in [1.82, 2.24) is 9.88 Å². The Morgan fingerprint density at radius 1 is 1.56 bits per heavy atom. The first kappa shape index (κ1) is 12.2. The normalized spacial score (nSPS) is 10.1. The van der Waals surface area contributed by atoms with Gasteiger partial charge in [0.25, 0.3) is 5.91 Å². The monoisotopic (exact) mass is 226 g/mol. The van der Waals surface area contributed by atoms with Gasteiger partial charge in [-0.05, 0) is 13.3 Å². The number of aromatic nitrogens is 1. The van der Waals surface area contributed by atoms with E-state index in [4.69, 9.17) is 9.52 Å². The van der Waals surface area contributed by atoms with E-state index < -0.39 is 5.97 Å². The van der Waals surface area contributed by atoms with Crippen molar-refractivity contribution in [3.8, 4) is 0 Å². The van der Waals surface area contributed by atoms with Crippen molar-refractivity contribution < 1.29 is 19.1 Å². The molecule has 1 heterocycles. The number of aliphatic carboxylic acids is 1. The third-order valence-corrected chi connectivity index (χ3v) is 2.17. The van der Waals surface area contributed by atoms with Gasteiger partial charge in [-0.25, -0.2) is 4.98 Å². The Labute approximate surface area is 92.9 Å². The molecule has 16 heavy (non-hydrogen) atoms. The molecule has 0 saturated carbocycles. The van der Waals surface area contributed by atoms with Gasteiger partial charge in [0.1, 0.15) is 0 Å². The number of carbonyl (C=O) groups is 2. The molecular weight excluding hydrogens is 212 g/mol. The number of carboxylic acid groups (broad SMARTS) is 1. The summed E-state index contributed by atoms with van der Waals surface area (Å²) in [6.07, 6.45) is 1.69. The maximum atomic E-state index is 11.7. The number of carboxylic acids is 1. The standard InChI is InChI=1S/C10H14N2O4/c1-7-9(16-6-11-7)10(15)12(2)5-3-4-8(13)14/h6H,3-5H2,1-2H3,(H,13,14). The predicted molar refractivity (Wildman–Crippen MR) is 55.1 cm³/mol. The van der Waals surface area contributed by atoms with E-state index in [1.54, 1.807) is 14.0 Å². The molecule has 0 saturated heterocycles. The minimum atomic E-state index is -0.864. The SMILES string of the molecule is Cc1ncoc1C(=O)N(C)CCCC(=O)O. The first-order chi connectivity index (χ1) is 7.52. The fourth-order valence-corrected chi connectivity index (χ4v) is 1.25. The van der Waals surface area contributed by atoms with Crippen LogP contribution in [0.4, 0.5) is 0 Å². The summed E-state index contributed by atoms with van der Waals surface area (Å²) in [6, 6.07) is 0. The van der Waals surface area contributed by atoms with Crippen LogP contribution in [-0.4, -0.2) is 40.5 Å². The van der Waals surface area contributed by atoms with Crippen molar-refractivity contribution in [2.75, 3.05) is 13.6 Å². The number of amides is 1. The van der Waals surface area contributed by atoms with Crippen LogP contribution < -0.4 is 0 Å². The topological polar surface area (TPSA) is 83.6 Å². The van der Waals surface area contributed by atoms with Gasteiger partial charge in [-0.1, -0.05) is 0 Å². The first-order valence-corrected chi connectivity index (χ1v) is 4.89. The number of rotatable bonds is 5. The second kappa shape index (κ2) is 5.29. The summed E-state index contributed by atoms with van der Waals surface area (Å²) < 4.78 is 4.96. The highest BCUT2D eigenvalue weighted by Crippen LogP contribution is 2.08. The minimum Gasteiger partial charge on any atom is -0.481 e. The van der Waals surface area contributed by atoms with Crippen LogP contribution in [0.5, 0.6) is 0 Å². The Morgan fingerprint density at radius 2 is 2.25 bits per heavy atom. The van der Waals surface area contributed by atoms with Crippen molar-refractivity contribution in [2.24, 2.45) is 0 Å². The van der Waals surface area contributed by atoms with Crippen molar-refractivity contribution in [1.29, 1.82) is 0 Å². The quantitative estimate of drug-likeness (QED) is 0.807. The molecule has 88 valence electrons. The second-order valence-corrected chi connectivity index (χ2v) is 3.49. The highest BCUT2D eigenvalue weighted by Gasteiger charge is 2.18. The molecule has 6 heteroatoms. The van der Waals surface area contributed by atoms with Gasteiger partial charge in [-0.2, -0.15) is 0 Å². The minimum absolute atomic E-state index is 0.0486. The lowest BCUT2D eigenvalue weighted by Crippen LogP contribution is -2.28. The summed E-state index contributed by atoms with van der Waals surface area (Å²) in [4.78, 5) is 27.3. The van der Waals surface area contributed by atoms with Crippen LogP contribution in [-0.2, 0) is 4.79 Å². The molecule has 0 unspecified atom stereocenters. The third-order valence-electron chi connectivity index (χ3n) is 2.17. The molecule has 1 aromatic rings. The lowest BCUT2D eigenvalue weighted by Gasteiger charge is -2.14. The van der Waals surface area contributed by atoms with Gasteiger partial charge >= 0.3 is 5.97 Å². The Kier molecular flexibility index (Phi) is 4.04. The van der Waals surface area contributed by atoms with Crippen LogP contribution in [0.3, 0.4) is 0 Å². The lowest BCUT2D eigenvalue weighted by molar-refractivity contribution is -0.137. The molecule has 0 fully saturated rings. The Hall–Kier alpha value is -1.85. The molecule has 0 radical (unpaired) electrons. The third kappa shape index (κ3) is 3.08. The summed E-state index contributed by atoms with van der Waals surface area (Å²) in [5.74, 6) is -0.935. The van der Waals surface area contributed by atoms with E-state index in [9.17, 15) is 9.59 Å². The lowest BCUT2D eigenvalue weighted by atomic mass is 10.2. The van der Waals surface area contributed by atoms with Crippen molar-refractivity contribution in [3.05, 3.63) is 17.8 Å². The number of oxazole rings is 1. The summed E-state index contributed by atoms with van der Waals surface area (Å²) in [5, 5.41) is 8.46. The average molecular weight is 226 g/mol. The highest BCUT2D eigenvalue weighted by atomic mass is 16.4. The molecule has 0 aliphatic carbocycles. The summed E-state index contributed by atoms with van der Waals surface area (Å²) in [7, 11) is 1.60. The molecule has 0 spiro atoms. The van der Waals surface area contributed by atoms with E-state index in [-0.39, 0.29) is 18.1 Å². The average Bonchev–Trinajstić information content (AvgIpc) is 2.62. The van der Waals surface area contributed by atoms with Gasteiger partial charge in [0.2, 0.25) is 5.76 Å². The van der Waals surface area contributed by atoms with Gasteiger partial charge in [-0.15, -0.1) is 0 Å². The molecule has 1 rings (SSSR count). The number of hydrogen-bond acceptors (Lipinski definition) is 4.